The first kappa shape index (κ1) is 22.4. The number of aromatic hydroxyl groups is 1. The van der Waals surface area contributed by atoms with Gasteiger partial charge in [0.2, 0.25) is 0 Å². The van der Waals surface area contributed by atoms with Crippen LogP contribution in [0.5, 0.6) is 11.5 Å². The Labute approximate surface area is 200 Å². The number of phenolic OH excluding ortho intramolecular Hbond substituents is 1. The van der Waals surface area contributed by atoms with Crippen LogP contribution in [0, 0.1) is 0 Å². The van der Waals surface area contributed by atoms with E-state index in [2.05, 4.69) is 4.90 Å². The van der Waals surface area contributed by atoms with Crippen LogP contribution in [0.25, 0.3) is 10.1 Å². The average molecular weight is 464 g/mol. The van der Waals surface area contributed by atoms with Gasteiger partial charge in [-0.1, -0.05) is 25.7 Å². The fourth-order valence-electron chi connectivity index (χ4n) is 5.31. The summed E-state index contributed by atoms with van der Waals surface area (Å²) in [6.07, 6.45) is 9.99. The number of carbonyl (C=O) groups is 1. The number of rotatable bonds is 7. The van der Waals surface area contributed by atoms with Gasteiger partial charge in [0.05, 0.1) is 0 Å². The number of ketones is 1. The minimum Gasteiger partial charge on any atom is -0.508 e. The van der Waals surface area contributed by atoms with Crippen LogP contribution in [0.2, 0.25) is 0 Å². The predicted octanol–water partition coefficient (Wildman–Crippen LogP) is 6.75. The summed E-state index contributed by atoms with van der Waals surface area (Å²) < 4.78 is 6.98. The Balaban J connectivity index is 1.31. The van der Waals surface area contributed by atoms with Crippen LogP contribution in [0.4, 0.5) is 0 Å². The quantitative estimate of drug-likeness (QED) is 0.394. The zero-order valence-electron chi connectivity index (χ0n) is 19.2. The van der Waals surface area contributed by atoms with Gasteiger partial charge in [-0.25, -0.2) is 0 Å². The van der Waals surface area contributed by atoms with E-state index < -0.39 is 0 Å². The van der Waals surface area contributed by atoms with Gasteiger partial charge in [0.15, 0.2) is 5.78 Å². The molecule has 1 N–H and O–H groups in total. The van der Waals surface area contributed by atoms with Gasteiger partial charge in [0, 0.05) is 32.6 Å². The molecule has 0 radical (unpaired) electrons. The van der Waals surface area contributed by atoms with Crippen LogP contribution in [0.15, 0.2) is 42.5 Å². The molecule has 0 unspecified atom stereocenters. The third-order valence-corrected chi connectivity index (χ3v) is 8.46. The Bertz CT molecular complexity index is 1090. The van der Waals surface area contributed by atoms with Crippen molar-refractivity contribution in [2.75, 3.05) is 26.2 Å². The molecule has 1 aliphatic heterocycles. The molecular formula is C28H33NO3S. The van der Waals surface area contributed by atoms with Gasteiger partial charge >= 0.3 is 0 Å². The first-order valence-corrected chi connectivity index (χ1v) is 13.3. The number of hydrogen-bond donors (Lipinski definition) is 1. The van der Waals surface area contributed by atoms with E-state index in [-0.39, 0.29) is 11.5 Å². The fourth-order valence-corrected chi connectivity index (χ4v) is 6.72. The second-order valence-corrected chi connectivity index (χ2v) is 10.5. The third-order valence-electron chi connectivity index (χ3n) is 7.15. The van der Waals surface area contributed by atoms with Crippen molar-refractivity contribution in [2.45, 2.75) is 57.3 Å². The molecule has 5 rings (SSSR count). The Kier molecular flexibility index (Phi) is 6.98. The zero-order chi connectivity index (χ0) is 22.6. The van der Waals surface area contributed by atoms with Crippen molar-refractivity contribution in [3.05, 3.63) is 58.5 Å². The van der Waals surface area contributed by atoms with Crippen molar-refractivity contribution in [3.8, 4) is 11.5 Å². The average Bonchev–Trinajstić information content (AvgIpc) is 3.41. The first-order chi connectivity index (χ1) is 16.2. The van der Waals surface area contributed by atoms with Crippen LogP contribution in [-0.2, 0) is 0 Å². The predicted molar refractivity (Wildman–Crippen MR) is 135 cm³/mol. The molecule has 0 bridgehead atoms. The Morgan fingerprint density at radius 2 is 1.70 bits per heavy atom. The smallest absolute Gasteiger partial charge is 0.194 e. The molecule has 2 fully saturated rings. The topological polar surface area (TPSA) is 49.8 Å². The molecule has 1 saturated carbocycles. The number of fused-ring (bicyclic) bond motifs is 1. The summed E-state index contributed by atoms with van der Waals surface area (Å²) in [7, 11) is 0. The molecule has 3 aromatic rings. The summed E-state index contributed by atoms with van der Waals surface area (Å²) in [5, 5.41) is 10.9. The van der Waals surface area contributed by atoms with E-state index in [1.54, 1.807) is 23.5 Å². The minimum atomic E-state index is 0.0740. The number of carbonyl (C=O) groups excluding carboxylic acids is 1. The lowest BCUT2D eigenvalue weighted by Gasteiger charge is -2.19. The molecule has 0 atom stereocenters. The second-order valence-electron chi connectivity index (χ2n) is 9.46. The van der Waals surface area contributed by atoms with Gasteiger partial charge in [-0.3, -0.25) is 9.69 Å². The molecule has 1 aromatic heterocycles. The van der Waals surface area contributed by atoms with Gasteiger partial charge in [0.1, 0.15) is 18.1 Å². The third kappa shape index (κ3) is 5.10. The molecule has 2 aliphatic rings. The molecule has 2 heterocycles. The fraction of sp³-hybridized carbons (Fsp3) is 0.464. The normalized spacial score (nSPS) is 17.9. The summed E-state index contributed by atoms with van der Waals surface area (Å²) >= 11 is 1.68. The van der Waals surface area contributed by atoms with Crippen LogP contribution < -0.4 is 4.74 Å². The first-order valence-electron chi connectivity index (χ1n) is 12.4. The lowest BCUT2D eigenvalue weighted by Crippen LogP contribution is -2.29. The van der Waals surface area contributed by atoms with Crippen molar-refractivity contribution < 1.29 is 14.6 Å². The number of benzene rings is 2. The van der Waals surface area contributed by atoms with E-state index in [9.17, 15) is 9.90 Å². The molecule has 5 heteroatoms. The Morgan fingerprint density at radius 3 is 2.42 bits per heavy atom. The standard InChI is InChI=1S/C28H33NO3S/c30-22-11-14-24-25(19-22)33-28(21-7-3-4-8-21)26(24)27(31)20-9-12-23(13-10-20)32-18-17-29-15-5-1-2-6-16-29/h9-14,19,21,30H,1-8,15-18H2. The van der Waals surface area contributed by atoms with E-state index in [1.165, 1.54) is 56.5 Å². The molecule has 1 aliphatic carbocycles. The molecule has 33 heavy (non-hydrogen) atoms. The molecular weight excluding hydrogens is 430 g/mol. The zero-order valence-corrected chi connectivity index (χ0v) is 20.0. The van der Waals surface area contributed by atoms with Crippen molar-refractivity contribution in [1.29, 1.82) is 0 Å². The number of hydrogen-bond acceptors (Lipinski definition) is 5. The highest BCUT2D eigenvalue weighted by Crippen LogP contribution is 2.44. The molecule has 2 aromatic carbocycles. The lowest BCUT2D eigenvalue weighted by molar-refractivity contribution is 0.103. The van der Waals surface area contributed by atoms with E-state index >= 15 is 0 Å². The van der Waals surface area contributed by atoms with E-state index in [4.69, 9.17) is 4.74 Å². The largest absolute Gasteiger partial charge is 0.508 e. The molecule has 0 spiro atoms. The summed E-state index contributed by atoms with van der Waals surface area (Å²) in [6.45, 7) is 3.98. The number of nitrogens with zero attached hydrogens (tertiary/aromatic N) is 1. The van der Waals surface area contributed by atoms with Gasteiger partial charge in [0.25, 0.3) is 0 Å². The number of phenols is 1. The van der Waals surface area contributed by atoms with E-state index in [1.807, 2.05) is 30.3 Å². The summed E-state index contributed by atoms with van der Waals surface area (Å²) in [5.74, 6) is 1.59. The van der Waals surface area contributed by atoms with Crippen molar-refractivity contribution >= 4 is 27.2 Å². The maximum atomic E-state index is 13.6. The summed E-state index contributed by atoms with van der Waals surface area (Å²) in [6, 6.07) is 13.0. The van der Waals surface area contributed by atoms with Gasteiger partial charge in [-0.15, -0.1) is 11.3 Å². The number of likely N-dealkylation sites (tertiary alicyclic amines) is 1. The lowest BCUT2D eigenvalue weighted by atomic mass is 9.94. The van der Waals surface area contributed by atoms with Gasteiger partial charge in [-0.05, 0) is 87.2 Å². The summed E-state index contributed by atoms with van der Waals surface area (Å²) in [5.41, 5.74) is 1.53. The molecule has 174 valence electrons. The van der Waals surface area contributed by atoms with Gasteiger partial charge in [-0.2, -0.15) is 0 Å². The maximum Gasteiger partial charge on any atom is 0.194 e. The summed E-state index contributed by atoms with van der Waals surface area (Å²) in [4.78, 5) is 17.3. The maximum absolute atomic E-state index is 13.6. The Morgan fingerprint density at radius 1 is 0.970 bits per heavy atom. The van der Waals surface area contributed by atoms with Crippen molar-refractivity contribution in [2.24, 2.45) is 0 Å². The minimum absolute atomic E-state index is 0.0740. The number of thiophene rings is 1. The van der Waals surface area contributed by atoms with Crippen molar-refractivity contribution in [3.63, 3.8) is 0 Å². The second kappa shape index (κ2) is 10.3. The Hall–Kier alpha value is -2.37. The van der Waals surface area contributed by atoms with Crippen LogP contribution in [-0.4, -0.2) is 42.0 Å². The van der Waals surface area contributed by atoms with Crippen molar-refractivity contribution in [1.82, 2.24) is 4.90 Å². The van der Waals surface area contributed by atoms with E-state index in [0.717, 1.165) is 40.8 Å². The van der Waals surface area contributed by atoms with Crippen LogP contribution in [0.1, 0.15) is 78.1 Å². The van der Waals surface area contributed by atoms with Gasteiger partial charge < -0.3 is 9.84 Å². The molecule has 0 amide bonds. The molecule has 1 saturated heterocycles. The monoisotopic (exact) mass is 463 g/mol. The highest BCUT2D eigenvalue weighted by molar-refractivity contribution is 7.19. The number of ether oxygens (including phenoxy) is 1. The van der Waals surface area contributed by atoms with E-state index in [0.29, 0.717) is 18.1 Å². The molecule has 4 nitrogen and oxygen atoms in total. The highest BCUT2D eigenvalue weighted by atomic mass is 32.1. The van der Waals surface area contributed by atoms with Crippen LogP contribution >= 0.6 is 11.3 Å². The highest BCUT2D eigenvalue weighted by Gasteiger charge is 2.27. The SMILES string of the molecule is O=C(c1ccc(OCCN2CCCCCC2)cc1)c1c(C2CCCC2)sc2cc(O)ccc12. The van der Waals surface area contributed by atoms with Crippen LogP contribution in [0.3, 0.4) is 0 Å².